The van der Waals surface area contributed by atoms with E-state index in [0.29, 0.717) is 17.9 Å². The Morgan fingerprint density at radius 1 is 1.14 bits per heavy atom. The highest BCUT2D eigenvalue weighted by Gasteiger charge is 2.12. The number of methoxy groups -OCH3 is 1. The Labute approximate surface area is 123 Å². The highest BCUT2D eigenvalue weighted by molar-refractivity contribution is 5.36. The quantitative estimate of drug-likeness (QED) is 0.894. The molecule has 0 fully saturated rings. The highest BCUT2D eigenvalue weighted by atomic mass is 19.1. The molecule has 0 saturated carbocycles. The number of hydrogen-bond donors (Lipinski definition) is 1. The van der Waals surface area contributed by atoms with Gasteiger partial charge < -0.3 is 10.1 Å². The molecule has 0 aromatic heterocycles. The molecule has 0 bridgehead atoms. The average Bonchev–Trinajstić information content (AvgIpc) is 2.48. The van der Waals surface area contributed by atoms with Gasteiger partial charge in [0.15, 0.2) is 0 Å². The van der Waals surface area contributed by atoms with E-state index in [1.54, 1.807) is 32.2 Å². The van der Waals surface area contributed by atoms with Crippen LogP contribution in [0.3, 0.4) is 0 Å². The average molecular weight is 291 g/mol. The van der Waals surface area contributed by atoms with Crippen molar-refractivity contribution in [1.82, 2.24) is 5.32 Å². The summed E-state index contributed by atoms with van der Waals surface area (Å²) in [5, 5.41) is 3.29. The summed E-state index contributed by atoms with van der Waals surface area (Å²) in [7, 11) is 1.56. The molecule has 0 spiro atoms. The first-order chi connectivity index (χ1) is 10.0. The Kier molecular flexibility index (Phi) is 4.91. The first kappa shape index (κ1) is 15.4. The molecule has 2 aromatic carbocycles. The monoisotopic (exact) mass is 291 g/mol. The molecule has 0 heterocycles. The van der Waals surface area contributed by atoms with Gasteiger partial charge in [0.05, 0.1) is 7.11 Å². The Balaban J connectivity index is 2.09. The molecule has 0 aliphatic heterocycles. The number of rotatable bonds is 5. The van der Waals surface area contributed by atoms with Gasteiger partial charge in [0.25, 0.3) is 0 Å². The predicted octanol–water partition coefficient (Wildman–Crippen LogP) is 4.13. The van der Waals surface area contributed by atoms with Crippen molar-refractivity contribution >= 4 is 0 Å². The SMILES string of the molecule is COc1ccc(F)cc1C(C)NCc1ccc(F)c(C)c1. The van der Waals surface area contributed by atoms with E-state index in [0.717, 1.165) is 11.1 Å². The minimum Gasteiger partial charge on any atom is -0.496 e. The van der Waals surface area contributed by atoms with E-state index in [2.05, 4.69) is 5.32 Å². The molecule has 0 radical (unpaired) electrons. The van der Waals surface area contributed by atoms with Crippen LogP contribution in [-0.4, -0.2) is 7.11 Å². The van der Waals surface area contributed by atoms with Gasteiger partial charge in [-0.1, -0.05) is 12.1 Å². The van der Waals surface area contributed by atoms with Crippen LogP contribution >= 0.6 is 0 Å². The van der Waals surface area contributed by atoms with Crippen molar-refractivity contribution in [3.8, 4) is 5.75 Å². The van der Waals surface area contributed by atoms with E-state index in [1.807, 2.05) is 6.92 Å². The van der Waals surface area contributed by atoms with Crippen molar-refractivity contribution in [2.45, 2.75) is 26.4 Å². The minimum absolute atomic E-state index is 0.0824. The fourth-order valence-corrected chi connectivity index (χ4v) is 2.24. The molecule has 1 unspecified atom stereocenters. The molecule has 0 aliphatic rings. The second-order valence-electron chi connectivity index (χ2n) is 5.07. The van der Waals surface area contributed by atoms with Gasteiger partial charge in [-0.15, -0.1) is 0 Å². The molecule has 1 atom stereocenters. The zero-order valence-corrected chi connectivity index (χ0v) is 12.4. The number of halogens is 2. The van der Waals surface area contributed by atoms with Crippen molar-refractivity contribution in [3.05, 3.63) is 64.7 Å². The molecule has 2 aromatic rings. The number of benzene rings is 2. The zero-order valence-electron chi connectivity index (χ0n) is 12.4. The number of hydrogen-bond acceptors (Lipinski definition) is 2. The van der Waals surface area contributed by atoms with Crippen LogP contribution in [0.4, 0.5) is 8.78 Å². The Hall–Kier alpha value is -1.94. The van der Waals surface area contributed by atoms with Gasteiger partial charge in [-0.05, 0) is 49.2 Å². The lowest BCUT2D eigenvalue weighted by molar-refractivity contribution is 0.399. The maximum absolute atomic E-state index is 13.4. The van der Waals surface area contributed by atoms with E-state index in [-0.39, 0.29) is 17.7 Å². The Morgan fingerprint density at radius 2 is 1.90 bits per heavy atom. The summed E-state index contributed by atoms with van der Waals surface area (Å²) < 4.78 is 31.9. The van der Waals surface area contributed by atoms with E-state index in [9.17, 15) is 8.78 Å². The summed E-state index contributed by atoms with van der Waals surface area (Å²) in [5.41, 5.74) is 2.36. The highest BCUT2D eigenvalue weighted by Crippen LogP contribution is 2.26. The van der Waals surface area contributed by atoms with E-state index >= 15 is 0 Å². The number of aryl methyl sites for hydroxylation is 1. The summed E-state index contributed by atoms with van der Waals surface area (Å²) >= 11 is 0. The predicted molar refractivity (Wildman–Crippen MR) is 79.3 cm³/mol. The third kappa shape index (κ3) is 3.79. The third-order valence-electron chi connectivity index (χ3n) is 3.49. The van der Waals surface area contributed by atoms with Crippen LogP contribution in [0.1, 0.15) is 29.7 Å². The Bertz CT molecular complexity index is 628. The topological polar surface area (TPSA) is 21.3 Å². The summed E-state index contributed by atoms with van der Waals surface area (Å²) in [5.74, 6) is 0.141. The largest absolute Gasteiger partial charge is 0.496 e. The Morgan fingerprint density at radius 3 is 2.57 bits per heavy atom. The fourth-order valence-electron chi connectivity index (χ4n) is 2.24. The molecular formula is C17H19F2NO. The van der Waals surface area contributed by atoms with Gasteiger partial charge in [0.2, 0.25) is 0 Å². The van der Waals surface area contributed by atoms with E-state index in [4.69, 9.17) is 4.74 Å². The lowest BCUT2D eigenvalue weighted by Gasteiger charge is -2.17. The molecular weight excluding hydrogens is 272 g/mol. The van der Waals surface area contributed by atoms with Gasteiger partial charge in [-0.25, -0.2) is 8.78 Å². The minimum atomic E-state index is -0.294. The van der Waals surface area contributed by atoms with E-state index < -0.39 is 0 Å². The molecule has 0 saturated heterocycles. The second-order valence-corrected chi connectivity index (χ2v) is 5.07. The summed E-state index contributed by atoms with van der Waals surface area (Å²) in [6, 6.07) is 9.37. The molecule has 112 valence electrons. The van der Waals surface area contributed by atoms with Gasteiger partial charge in [-0.2, -0.15) is 0 Å². The van der Waals surface area contributed by atoms with Crippen LogP contribution < -0.4 is 10.1 Å². The molecule has 0 amide bonds. The van der Waals surface area contributed by atoms with Gasteiger partial charge in [-0.3, -0.25) is 0 Å². The standard InChI is InChI=1S/C17H19F2NO/c1-11-8-13(4-6-16(11)19)10-20-12(2)15-9-14(18)5-7-17(15)21-3/h4-9,12,20H,10H2,1-3H3. The van der Waals surface area contributed by atoms with Crippen LogP contribution in [0.2, 0.25) is 0 Å². The molecule has 2 rings (SSSR count). The van der Waals surface area contributed by atoms with Gasteiger partial charge in [0.1, 0.15) is 17.4 Å². The molecule has 1 N–H and O–H groups in total. The zero-order chi connectivity index (χ0) is 15.4. The maximum atomic E-state index is 13.4. The van der Waals surface area contributed by atoms with Crippen LogP contribution in [0.5, 0.6) is 5.75 Å². The lowest BCUT2D eigenvalue weighted by atomic mass is 10.1. The van der Waals surface area contributed by atoms with Crippen LogP contribution in [0.25, 0.3) is 0 Å². The molecule has 2 nitrogen and oxygen atoms in total. The molecule has 21 heavy (non-hydrogen) atoms. The van der Waals surface area contributed by atoms with Crippen LogP contribution in [0, 0.1) is 18.6 Å². The lowest BCUT2D eigenvalue weighted by Crippen LogP contribution is -2.19. The maximum Gasteiger partial charge on any atom is 0.126 e. The van der Waals surface area contributed by atoms with Crippen molar-refractivity contribution in [3.63, 3.8) is 0 Å². The van der Waals surface area contributed by atoms with Crippen molar-refractivity contribution < 1.29 is 13.5 Å². The summed E-state index contributed by atoms with van der Waals surface area (Å²) in [4.78, 5) is 0. The van der Waals surface area contributed by atoms with Gasteiger partial charge >= 0.3 is 0 Å². The summed E-state index contributed by atoms with van der Waals surface area (Å²) in [6.07, 6.45) is 0. The first-order valence-electron chi connectivity index (χ1n) is 6.83. The second kappa shape index (κ2) is 6.68. The van der Waals surface area contributed by atoms with Crippen molar-refractivity contribution in [2.75, 3.05) is 7.11 Å². The summed E-state index contributed by atoms with van der Waals surface area (Å²) in [6.45, 7) is 4.24. The van der Waals surface area contributed by atoms with Crippen molar-refractivity contribution in [1.29, 1.82) is 0 Å². The normalized spacial score (nSPS) is 12.2. The molecule has 0 aliphatic carbocycles. The number of nitrogens with one attached hydrogen (secondary N) is 1. The van der Waals surface area contributed by atoms with E-state index in [1.165, 1.54) is 18.2 Å². The smallest absolute Gasteiger partial charge is 0.126 e. The van der Waals surface area contributed by atoms with Crippen molar-refractivity contribution in [2.24, 2.45) is 0 Å². The van der Waals surface area contributed by atoms with Gasteiger partial charge in [0, 0.05) is 18.2 Å². The first-order valence-corrected chi connectivity index (χ1v) is 6.83. The fraction of sp³-hybridized carbons (Fsp3) is 0.294. The molecule has 4 heteroatoms. The number of ether oxygens (including phenoxy) is 1. The van der Waals surface area contributed by atoms with Crippen LogP contribution in [0.15, 0.2) is 36.4 Å². The van der Waals surface area contributed by atoms with Crippen LogP contribution in [-0.2, 0) is 6.54 Å². The third-order valence-corrected chi connectivity index (χ3v) is 3.49.